The van der Waals surface area contributed by atoms with Crippen molar-refractivity contribution in [1.29, 1.82) is 0 Å². The number of nitrogens with one attached hydrogen (secondary N) is 2. The third kappa shape index (κ3) is 6.58. The maximum absolute atomic E-state index is 12.1. The monoisotopic (exact) mass is 410 g/mol. The summed E-state index contributed by atoms with van der Waals surface area (Å²) in [6.45, 7) is 0. The maximum atomic E-state index is 12.1. The van der Waals surface area contributed by atoms with Crippen LogP contribution < -0.4 is 20.1 Å². The summed E-state index contributed by atoms with van der Waals surface area (Å²) in [5.41, 5.74) is 0.917. The Bertz CT molecular complexity index is 842. The molecule has 0 fully saturated rings. The van der Waals surface area contributed by atoms with Crippen LogP contribution in [0, 0.1) is 0 Å². The third-order valence-corrected chi connectivity index (χ3v) is 4.80. The van der Waals surface area contributed by atoms with E-state index in [1.807, 2.05) is 0 Å². The van der Waals surface area contributed by atoms with Crippen LogP contribution in [0.15, 0.2) is 42.5 Å². The van der Waals surface area contributed by atoms with E-state index in [4.69, 9.17) is 21.1 Å². The van der Waals surface area contributed by atoms with Gasteiger partial charge in [-0.05, 0) is 42.5 Å². The summed E-state index contributed by atoms with van der Waals surface area (Å²) in [6, 6.07) is 11.5. The van der Waals surface area contributed by atoms with E-state index >= 15 is 0 Å². The van der Waals surface area contributed by atoms with E-state index in [0.29, 0.717) is 27.9 Å². The molecule has 0 unspecified atom stereocenters. The normalized spacial score (nSPS) is 11.4. The molecule has 27 heavy (non-hydrogen) atoms. The molecule has 0 heterocycles. The smallest absolute Gasteiger partial charge is 0.237 e. The first-order valence-electron chi connectivity index (χ1n) is 7.83. The predicted octanol–water partition coefficient (Wildman–Crippen LogP) is 2.68. The summed E-state index contributed by atoms with van der Waals surface area (Å²) in [5.74, 6) is -0.504. The molecule has 0 aliphatic rings. The van der Waals surface area contributed by atoms with Gasteiger partial charge in [-0.25, -0.2) is 0 Å². The summed E-state index contributed by atoms with van der Waals surface area (Å²) in [5, 5.41) is 5.62. The number of amides is 2. The van der Waals surface area contributed by atoms with Gasteiger partial charge >= 0.3 is 0 Å². The minimum Gasteiger partial charge on any atom is -0.497 e. The highest BCUT2D eigenvalue weighted by Gasteiger charge is 2.15. The summed E-state index contributed by atoms with van der Waals surface area (Å²) in [4.78, 5) is 24.0. The zero-order chi connectivity index (χ0) is 19.8. The average molecular weight is 411 g/mol. The molecule has 0 radical (unpaired) electrons. The van der Waals surface area contributed by atoms with E-state index in [1.54, 1.807) is 43.5 Å². The first-order chi connectivity index (χ1) is 12.9. The molecule has 0 bridgehead atoms. The van der Waals surface area contributed by atoms with E-state index in [-0.39, 0.29) is 11.5 Å². The lowest BCUT2D eigenvalue weighted by atomic mass is 10.3. The molecule has 0 aromatic heterocycles. The molecule has 0 aliphatic carbocycles. The minimum absolute atomic E-state index is 0.299. The second kappa shape index (κ2) is 9.94. The van der Waals surface area contributed by atoms with Crippen LogP contribution in [0.2, 0.25) is 5.02 Å². The Hall–Kier alpha value is -2.58. The number of carbonyl (C=O) groups excluding carboxylic acids is 2. The Morgan fingerprint density at radius 1 is 0.963 bits per heavy atom. The zero-order valence-electron chi connectivity index (χ0n) is 14.8. The lowest BCUT2D eigenvalue weighted by Crippen LogP contribution is -2.26. The van der Waals surface area contributed by atoms with Gasteiger partial charge < -0.3 is 20.1 Å². The summed E-state index contributed by atoms with van der Waals surface area (Å²) >= 11 is 5.90. The third-order valence-electron chi connectivity index (χ3n) is 3.39. The van der Waals surface area contributed by atoms with Gasteiger partial charge in [0.1, 0.15) is 23.0 Å². The van der Waals surface area contributed by atoms with Crippen molar-refractivity contribution in [2.75, 3.05) is 36.4 Å². The number of ether oxygens (including phenoxy) is 2. The maximum Gasteiger partial charge on any atom is 0.237 e. The number of hydrogen-bond donors (Lipinski definition) is 2. The quantitative estimate of drug-likeness (QED) is 0.697. The van der Waals surface area contributed by atoms with Gasteiger partial charge in [0, 0.05) is 21.5 Å². The Labute approximate surface area is 164 Å². The Morgan fingerprint density at radius 2 is 1.59 bits per heavy atom. The molecule has 144 valence electrons. The number of anilines is 2. The van der Waals surface area contributed by atoms with Gasteiger partial charge in [-0.1, -0.05) is 11.6 Å². The van der Waals surface area contributed by atoms with Crippen molar-refractivity contribution in [3.05, 3.63) is 47.5 Å². The van der Waals surface area contributed by atoms with Crippen LogP contribution in [0.3, 0.4) is 0 Å². The largest absolute Gasteiger partial charge is 0.497 e. The van der Waals surface area contributed by atoms with Gasteiger partial charge in [0.2, 0.25) is 11.8 Å². The lowest BCUT2D eigenvalue weighted by Gasteiger charge is -2.10. The second-order valence-electron chi connectivity index (χ2n) is 5.40. The SMILES string of the molecule is COc1ccc(NC(=O)C[S@@](=O)CC(=O)Nc2cc(Cl)ccc2OC)cc1. The van der Waals surface area contributed by atoms with Crippen LogP contribution >= 0.6 is 11.6 Å². The highest BCUT2D eigenvalue weighted by molar-refractivity contribution is 7.86. The van der Waals surface area contributed by atoms with E-state index in [1.165, 1.54) is 13.2 Å². The molecule has 2 rings (SSSR count). The predicted molar refractivity (Wildman–Crippen MR) is 106 cm³/mol. The van der Waals surface area contributed by atoms with Crippen LogP contribution in [0.4, 0.5) is 11.4 Å². The fraction of sp³-hybridized carbons (Fsp3) is 0.222. The molecule has 0 spiro atoms. The van der Waals surface area contributed by atoms with Crippen molar-refractivity contribution in [3.8, 4) is 11.5 Å². The van der Waals surface area contributed by atoms with Crippen LogP contribution in [-0.2, 0) is 20.4 Å². The number of benzene rings is 2. The Morgan fingerprint density at radius 3 is 2.19 bits per heavy atom. The van der Waals surface area contributed by atoms with E-state index in [9.17, 15) is 13.8 Å². The van der Waals surface area contributed by atoms with Crippen molar-refractivity contribution in [1.82, 2.24) is 0 Å². The lowest BCUT2D eigenvalue weighted by molar-refractivity contribution is -0.114. The van der Waals surface area contributed by atoms with Crippen molar-refractivity contribution in [2.45, 2.75) is 0 Å². The number of halogens is 1. The minimum atomic E-state index is -1.67. The number of carbonyl (C=O) groups is 2. The van der Waals surface area contributed by atoms with Gasteiger partial charge in [0.05, 0.1) is 19.9 Å². The van der Waals surface area contributed by atoms with Crippen LogP contribution in [0.1, 0.15) is 0 Å². The summed E-state index contributed by atoms with van der Waals surface area (Å²) in [7, 11) is 1.33. The zero-order valence-corrected chi connectivity index (χ0v) is 16.4. The fourth-order valence-corrected chi connectivity index (χ4v) is 3.18. The Kier molecular flexibility index (Phi) is 7.63. The molecule has 0 saturated heterocycles. The molecule has 7 nitrogen and oxygen atoms in total. The molecule has 9 heteroatoms. The molecule has 1 atom stereocenters. The topological polar surface area (TPSA) is 93.7 Å². The van der Waals surface area contributed by atoms with Crippen LogP contribution in [-0.4, -0.2) is 41.7 Å². The van der Waals surface area contributed by atoms with Crippen molar-refractivity contribution in [2.24, 2.45) is 0 Å². The van der Waals surface area contributed by atoms with Gasteiger partial charge in [-0.15, -0.1) is 0 Å². The van der Waals surface area contributed by atoms with E-state index < -0.39 is 22.6 Å². The second-order valence-corrected chi connectivity index (χ2v) is 7.29. The molecular weight excluding hydrogens is 392 g/mol. The first-order valence-corrected chi connectivity index (χ1v) is 9.70. The molecule has 2 aromatic carbocycles. The molecule has 2 aromatic rings. The molecule has 2 amide bonds. The van der Waals surface area contributed by atoms with Gasteiger partial charge in [0.15, 0.2) is 0 Å². The average Bonchev–Trinajstić information content (AvgIpc) is 2.62. The number of rotatable bonds is 8. The van der Waals surface area contributed by atoms with Crippen LogP contribution in [0.25, 0.3) is 0 Å². The van der Waals surface area contributed by atoms with E-state index in [2.05, 4.69) is 10.6 Å². The number of methoxy groups -OCH3 is 2. The van der Waals surface area contributed by atoms with Crippen molar-refractivity contribution < 1.29 is 23.3 Å². The summed E-state index contributed by atoms with van der Waals surface area (Å²) < 4.78 is 22.2. The first kappa shape index (κ1) is 20.7. The molecule has 2 N–H and O–H groups in total. The van der Waals surface area contributed by atoms with Gasteiger partial charge in [-0.2, -0.15) is 0 Å². The van der Waals surface area contributed by atoms with E-state index in [0.717, 1.165) is 0 Å². The highest BCUT2D eigenvalue weighted by atomic mass is 35.5. The number of hydrogen-bond acceptors (Lipinski definition) is 5. The van der Waals surface area contributed by atoms with Gasteiger partial charge in [-0.3, -0.25) is 13.8 Å². The molecule has 0 aliphatic heterocycles. The Balaban J connectivity index is 1.86. The fourth-order valence-electron chi connectivity index (χ4n) is 2.18. The van der Waals surface area contributed by atoms with Crippen LogP contribution in [0.5, 0.6) is 11.5 Å². The molecule has 0 saturated carbocycles. The summed E-state index contributed by atoms with van der Waals surface area (Å²) in [6.07, 6.45) is 0. The van der Waals surface area contributed by atoms with Crippen molar-refractivity contribution >= 4 is 45.6 Å². The standard InChI is InChI=1S/C18H19ClN2O5S/c1-25-14-6-4-13(5-7-14)20-17(22)10-27(24)11-18(23)21-15-9-12(19)3-8-16(15)26-2/h3-9H,10-11H2,1-2H3,(H,20,22)(H,21,23)/t27-/m1/s1. The van der Waals surface area contributed by atoms with Crippen molar-refractivity contribution in [3.63, 3.8) is 0 Å². The van der Waals surface area contributed by atoms with Gasteiger partial charge in [0.25, 0.3) is 0 Å². The highest BCUT2D eigenvalue weighted by Crippen LogP contribution is 2.27. The molecular formula is C18H19ClN2O5S.